The molecule has 0 radical (unpaired) electrons. The van der Waals surface area contributed by atoms with E-state index < -0.39 is 0 Å². The number of rotatable bonds is 7. The number of hydrogen-bond acceptors (Lipinski definition) is 3. The van der Waals surface area contributed by atoms with Crippen LogP contribution >= 0.6 is 0 Å². The number of nitrogens with two attached hydrogens (primary N) is 1. The Hall–Kier alpha value is -1.97. The topological polar surface area (TPSA) is 53.1 Å². The van der Waals surface area contributed by atoms with Crippen molar-refractivity contribution in [3.63, 3.8) is 0 Å². The summed E-state index contributed by atoms with van der Waals surface area (Å²) in [5, 5.41) is 4.58. The lowest BCUT2D eigenvalue weighted by molar-refractivity contribution is 0.297. The molecule has 0 saturated carbocycles. The molecule has 0 amide bonds. The molecule has 0 atom stereocenters. The van der Waals surface area contributed by atoms with Gasteiger partial charge in [0.15, 0.2) is 0 Å². The van der Waals surface area contributed by atoms with E-state index in [1.54, 1.807) is 0 Å². The van der Waals surface area contributed by atoms with Gasteiger partial charge in [-0.1, -0.05) is 32.0 Å². The highest BCUT2D eigenvalue weighted by Gasteiger charge is 2.11. The van der Waals surface area contributed by atoms with Gasteiger partial charge in [0, 0.05) is 13.0 Å². The smallest absolute Gasteiger partial charge is 0.119 e. The molecule has 1 aromatic heterocycles. The highest BCUT2D eigenvalue weighted by Crippen LogP contribution is 2.18. The van der Waals surface area contributed by atoms with Crippen molar-refractivity contribution in [3.8, 4) is 5.75 Å². The number of aryl methyl sites for hydroxylation is 2. The third-order valence-electron chi connectivity index (χ3n) is 3.37. The van der Waals surface area contributed by atoms with Gasteiger partial charge in [0.2, 0.25) is 0 Å². The maximum Gasteiger partial charge on any atom is 0.119 e. The molecule has 0 saturated heterocycles. The summed E-state index contributed by atoms with van der Waals surface area (Å²) in [4.78, 5) is 0. The van der Waals surface area contributed by atoms with Gasteiger partial charge in [-0.3, -0.25) is 4.68 Å². The second kappa shape index (κ2) is 6.98. The van der Waals surface area contributed by atoms with Crippen molar-refractivity contribution in [2.45, 2.75) is 39.7 Å². The lowest BCUT2D eigenvalue weighted by atomic mass is 10.2. The quantitative estimate of drug-likeness (QED) is 0.789. The first-order chi connectivity index (χ1) is 9.76. The highest BCUT2D eigenvalue weighted by molar-refractivity contribution is 5.48. The number of benzene rings is 1. The van der Waals surface area contributed by atoms with Crippen molar-refractivity contribution in [1.82, 2.24) is 9.78 Å². The summed E-state index contributed by atoms with van der Waals surface area (Å²) in [6.45, 7) is 5.74. The molecule has 0 unspecified atom stereocenters. The molecule has 0 spiro atoms. The predicted octanol–water partition coefficient (Wildman–Crippen LogP) is 3.06. The first-order valence-electron chi connectivity index (χ1n) is 7.28. The summed E-state index contributed by atoms with van der Waals surface area (Å²) < 4.78 is 7.72. The van der Waals surface area contributed by atoms with Crippen molar-refractivity contribution in [2.75, 3.05) is 12.3 Å². The largest absolute Gasteiger partial charge is 0.494 e. The average Bonchev–Trinajstić information content (AvgIpc) is 2.80. The SMILES string of the molecule is CCc1nn(CCCOc2ccccc2)c(CC)c1N. The number of aromatic nitrogens is 2. The van der Waals surface area contributed by atoms with E-state index in [-0.39, 0.29) is 0 Å². The molecule has 0 bridgehead atoms. The molecule has 0 fully saturated rings. The molecule has 1 heterocycles. The van der Waals surface area contributed by atoms with Crippen molar-refractivity contribution >= 4 is 5.69 Å². The van der Waals surface area contributed by atoms with E-state index in [4.69, 9.17) is 10.5 Å². The van der Waals surface area contributed by atoms with Crippen molar-refractivity contribution in [1.29, 1.82) is 0 Å². The third kappa shape index (κ3) is 3.32. The van der Waals surface area contributed by atoms with Crippen LogP contribution in [0.5, 0.6) is 5.75 Å². The van der Waals surface area contributed by atoms with Crippen molar-refractivity contribution in [3.05, 3.63) is 41.7 Å². The average molecular weight is 273 g/mol. The first kappa shape index (κ1) is 14.4. The van der Waals surface area contributed by atoms with Gasteiger partial charge in [0.05, 0.1) is 23.7 Å². The zero-order chi connectivity index (χ0) is 14.4. The lowest BCUT2D eigenvalue weighted by Gasteiger charge is -2.08. The zero-order valence-corrected chi connectivity index (χ0v) is 12.3. The maximum atomic E-state index is 6.11. The Bertz CT molecular complexity index is 534. The Kier molecular flexibility index (Phi) is 5.04. The van der Waals surface area contributed by atoms with Gasteiger partial charge in [-0.15, -0.1) is 0 Å². The fraction of sp³-hybridized carbons (Fsp3) is 0.438. The number of ether oxygens (including phenoxy) is 1. The van der Waals surface area contributed by atoms with Gasteiger partial charge in [0.1, 0.15) is 5.75 Å². The van der Waals surface area contributed by atoms with Gasteiger partial charge in [-0.05, 0) is 25.0 Å². The van der Waals surface area contributed by atoms with Crippen LogP contribution in [0.3, 0.4) is 0 Å². The molecule has 108 valence electrons. The molecule has 2 rings (SSSR count). The number of nitrogen functional groups attached to an aromatic ring is 1. The number of nitrogens with zero attached hydrogens (tertiary/aromatic N) is 2. The first-order valence-corrected chi connectivity index (χ1v) is 7.28. The minimum absolute atomic E-state index is 0.689. The third-order valence-corrected chi connectivity index (χ3v) is 3.37. The molecular weight excluding hydrogens is 250 g/mol. The van der Waals surface area contributed by atoms with Gasteiger partial charge >= 0.3 is 0 Å². The zero-order valence-electron chi connectivity index (χ0n) is 12.3. The molecule has 1 aromatic carbocycles. The predicted molar refractivity (Wildman–Crippen MR) is 81.9 cm³/mol. The molecule has 4 heteroatoms. The van der Waals surface area contributed by atoms with Crippen LogP contribution in [0.25, 0.3) is 0 Å². The second-order valence-corrected chi connectivity index (χ2v) is 4.75. The molecule has 0 aliphatic carbocycles. The van der Waals surface area contributed by atoms with Crippen LogP contribution in [0.4, 0.5) is 5.69 Å². The number of anilines is 1. The fourth-order valence-corrected chi connectivity index (χ4v) is 2.31. The van der Waals surface area contributed by atoms with Crippen LogP contribution in [0, 0.1) is 0 Å². The van der Waals surface area contributed by atoms with Crippen molar-refractivity contribution < 1.29 is 4.74 Å². The van der Waals surface area contributed by atoms with E-state index in [9.17, 15) is 0 Å². The van der Waals surface area contributed by atoms with Crippen LogP contribution in [0.2, 0.25) is 0 Å². The molecule has 0 aliphatic heterocycles. The molecule has 2 N–H and O–H groups in total. The summed E-state index contributed by atoms with van der Waals surface area (Å²) in [5.41, 5.74) is 9.11. The normalized spacial score (nSPS) is 10.7. The van der Waals surface area contributed by atoms with Gasteiger partial charge in [-0.25, -0.2) is 0 Å². The monoisotopic (exact) mass is 273 g/mol. The van der Waals surface area contributed by atoms with Gasteiger partial charge in [0.25, 0.3) is 0 Å². The van der Waals surface area contributed by atoms with E-state index >= 15 is 0 Å². The number of para-hydroxylation sites is 1. The van der Waals surface area contributed by atoms with Crippen LogP contribution in [-0.4, -0.2) is 16.4 Å². The van der Waals surface area contributed by atoms with E-state index in [1.165, 1.54) is 0 Å². The van der Waals surface area contributed by atoms with E-state index in [0.717, 1.165) is 48.6 Å². The Labute approximate surface area is 120 Å². The Morgan fingerprint density at radius 1 is 1.15 bits per heavy atom. The molecule has 2 aromatic rings. The van der Waals surface area contributed by atoms with E-state index in [0.29, 0.717) is 6.61 Å². The molecule has 4 nitrogen and oxygen atoms in total. The van der Waals surface area contributed by atoms with Crippen LogP contribution in [-0.2, 0) is 19.4 Å². The number of hydrogen-bond donors (Lipinski definition) is 1. The minimum Gasteiger partial charge on any atom is -0.494 e. The van der Waals surface area contributed by atoms with Crippen LogP contribution in [0.1, 0.15) is 31.7 Å². The molecule has 20 heavy (non-hydrogen) atoms. The molecular formula is C16H23N3O. The van der Waals surface area contributed by atoms with Crippen LogP contribution in [0.15, 0.2) is 30.3 Å². The summed E-state index contributed by atoms with van der Waals surface area (Å²) >= 11 is 0. The van der Waals surface area contributed by atoms with Gasteiger partial charge in [-0.2, -0.15) is 5.10 Å². The van der Waals surface area contributed by atoms with Gasteiger partial charge < -0.3 is 10.5 Å². The van der Waals surface area contributed by atoms with Crippen molar-refractivity contribution in [2.24, 2.45) is 0 Å². The summed E-state index contributed by atoms with van der Waals surface area (Å²) in [5.74, 6) is 0.914. The Balaban J connectivity index is 1.88. The lowest BCUT2D eigenvalue weighted by Crippen LogP contribution is -2.09. The summed E-state index contributed by atoms with van der Waals surface area (Å²) in [6.07, 6.45) is 2.72. The van der Waals surface area contributed by atoms with E-state index in [1.807, 2.05) is 35.0 Å². The highest BCUT2D eigenvalue weighted by atomic mass is 16.5. The van der Waals surface area contributed by atoms with E-state index in [2.05, 4.69) is 18.9 Å². The minimum atomic E-state index is 0.689. The fourth-order valence-electron chi connectivity index (χ4n) is 2.31. The Morgan fingerprint density at radius 3 is 2.55 bits per heavy atom. The second-order valence-electron chi connectivity index (χ2n) is 4.75. The Morgan fingerprint density at radius 2 is 1.90 bits per heavy atom. The maximum absolute atomic E-state index is 6.11. The molecule has 0 aliphatic rings. The summed E-state index contributed by atoms with van der Waals surface area (Å²) in [6, 6.07) is 9.88. The summed E-state index contributed by atoms with van der Waals surface area (Å²) in [7, 11) is 0. The van der Waals surface area contributed by atoms with Crippen LogP contribution < -0.4 is 10.5 Å². The standard InChI is InChI=1S/C16H23N3O/c1-3-14-16(17)15(4-2)19(18-14)11-8-12-20-13-9-6-5-7-10-13/h5-7,9-10H,3-4,8,11-12,17H2,1-2H3.